The summed E-state index contributed by atoms with van der Waals surface area (Å²) in [4.78, 5) is 15.4. The molecule has 4 aromatic heterocycles. The number of benzene rings is 9. The molecular weight excluding hydrogens is 769 g/mol. The van der Waals surface area contributed by atoms with E-state index in [-0.39, 0.29) is 0 Å². The molecule has 4 heterocycles. The van der Waals surface area contributed by atoms with E-state index in [1.165, 1.54) is 38.1 Å². The highest BCUT2D eigenvalue weighted by molar-refractivity contribution is 6.22. The first kappa shape index (κ1) is 35.2. The van der Waals surface area contributed by atoms with E-state index >= 15 is 0 Å². The first-order valence-electron chi connectivity index (χ1n) is 21.3. The minimum atomic E-state index is 0.573. The van der Waals surface area contributed by atoms with Gasteiger partial charge in [0.25, 0.3) is 0 Å². The second kappa shape index (κ2) is 14.0. The summed E-state index contributed by atoms with van der Waals surface area (Å²) >= 11 is 0. The van der Waals surface area contributed by atoms with Gasteiger partial charge in [-0.25, -0.2) is 4.98 Å². The van der Waals surface area contributed by atoms with Crippen molar-refractivity contribution in [2.45, 2.75) is 0 Å². The van der Waals surface area contributed by atoms with Gasteiger partial charge in [-0.05, 0) is 65.7 Å². The lowest BCUT2D eigenvalue weighted by atomic mass is 9.95. The van der Waals surface area contributed by atoms with Crippen molar-refractivity contribution < 1.29 is 0 Å². The second-order valence-corrected chi connectivity index (χ2v) is 16.0. The van der Waals surface area contributed by atoms with Gasteiger partial charge in [-0.1, -0.05) is 164 Å². The van der Waals surface area contributed by atoms with Gasteiger partial charge in [-0.15, -0.1) is 0 Å². The Morgan fingerprint density at radius 1 is 0.270 bits per heavy atom. The molecule has 0 amide bonds. The van der Waals surface area contributed by atoms with Gasteiger partial charge in [0, 0.05) is 54.8 Å². The van der Waals surface area contributed by atoms with Crippen LogP contribution in [0.2, 0.25) is 0 Å². The molecule has 0 aliphatic carbocycles. The monoisotopic (exact) mass is 804 g/mol. The standard InChI is InChI=1S/C57H36N6/c1-3-18-37(19-4-1)55-58-56(38-20-5-2-6-21-38)60-57(59-55)63-50-33-14-10-27-46(50)54-44(29-17-35-52(54)63)43-28-16-34-51-53(43)45-26-9-13-32-49(45)62(51)40-23-15-22-39(36-40)61-47-30-11-7-24-41(47)42-25-8-12-31-48(42)61/h1-36H. The third-order valence-corrected chi connectivity index (χ3v) is 12.5. The van der Waals surface area contributed by atoms with Gasteiger partial charge in [-0.2, -0.15) is 9.97 Å². The number of aromatic nitrogens is 6. The van der Waals surface area contributed by atoms with Gasteiger partial charge in [0.1, 0.15) is 0 Å². The molecule has 6 nitrogen and oxygen atoms in total. The summed E-state index contributed by atoms with van der Waals surface area (Å²) in [5.41, 5.74) is 13.1. The summed E-state index contributed by atoms with van der Waals surface area (Å²) in [6.07, 6.45) is 0. The van der Waals surface area contributed by atoms with Crippen molar-refractivity contribution in [3.05, 3.63) is 218 Å². The van der Waals surface area contributed by atoms with Crippen LogP contribution in [-0.4, -0.2) is 28.7 Å². The lowest BCUT2D eigenvalue weighted by molar-refractivity contribution is 0.953. The molecule has 0 saturated carbocycles. The Morgan fingerprint density at radius 3 is 1.14 bits per heavy atom. The van der Waals surface area contributed by atoms with Crippen LogP contribution in [-0.2, 0) is 0 Å². The third-order valence-electron chi connectivity index (χ3n) is 12.5. The Balaban J connectivity index is 1.04. The van der Waals surface area contributed by atoms with Crippen molar-refractivity contribution >= 4 is 65.4 Å². The summed E-state index contributed by atoms with van der Waals surface area (Å²) in [5.74, 6) is 1.83. The SMILES string of the molecule is c1ccc(-c2nc(-c3ccccc3)nc(-n3c4ccccc4c4c(-c5cccc6c5c5ccccc5n6-c5cccc(-n6c7ccccc7c7ccccc76)c5)cccc43)n2)cc1. The highest BCUT2D eigenvalue weighted by Crippen LogP contribution is 2.44. The molecule has 0 atom stereocenters. The maximum atomic E-state index is 5.20. The van der Waals surface area contributed by atoms with Crippen molar-refractivity contribution in [3.63, 3.8) is 0 Å². The normalized spacial score (nSPS) is 11.8. The predicted octanol–water partition coefficient (Wildman–Crippen LogP) is 14.2. The van der Waals surface area contributed by atoms with Gasteiger partial charge < -0.3 is 9.13 Å². The fourth-order valence-corrected chi connectivity index (χ4v) is 9.85. The Labute approximate surface area is 362 Å². The number of hydrogen-bond donors (Lipinski definition) is 0. The largest absolute Gasteiger partial charge is 0.309 e. The van der Waals surface area contributed by atoms with Crippen LogP contribution >= 0.6 is 0 Å². The van der Waals surface area contributed by atoms with Crippen LogP contribution in [0.4, 0.5) is 0 Å². The summed E-state index contributed by atoms with van der Waals surface area (Å²) < 4.78 is 7.02. The van der Waals surface area contributed by atoms with Gasteiger partial charge >= 0.3 is 0 Å². The topological polar surface area (TPSA) is 53.5 Å². The van der Waals surface area contributed by atoms with Crippen LogP contribution in [0, 0.1) is 0 Å². The first-order chi connectivity index (χ1) is 31.3. The zero-order chi connectivity index (χ0) is 41.4. The summed E-state index contributed by atoms with van der Waals surface area (Å²) in [7, 11) is 0. The molecule has 0 N–H and O–H groups in total. The molecule has 0 fully saturated rings. The van der Waals surface area contributed by atoms with Crippen molar-refractivity contribution in [1.82, 2.24) is 28.7 Å². The Kier molecular flexibility index (Phi) is 7.80. The van der Waals surface area contributed by atoms with E-state index in [0.29, 0.717) is 17.6 Å². The van der Waals surface area contributed by atoms with E-state index in [2.05, 4.69) is 196 Å². The lowest BCUT2D eigenvalue weighted by Gasteiger charge is -2.13. The Morgan fingerprint density at radius 2 is 0.635 bits per heavy atom. The van der Waals surface area contributed by atoms with Crippen LogP contribution < -0.4 is 0 Å². The number of fused-ring (bicyclic) bond motifs is 9. The smallest absolute Gasteiger partial charge is 0.238 e. The molecule has 0 aliphatic heterocycles. The molecular formula is C57H36N6. The van der Waals surface area contributed by atoms with Crippen LogP contribution in [0.3, 0.4) is 0 Å². The van der Waals surface area contributed by atoms with Crippen molar-refractivity contribution in [3.8, 4) is 51.2 Å². The van der Waals surface area contributed by atoms with Crippen LogP contribution in [0.5, 0.6) is 0 Å². The zero-order valence-electron chi connectivity index (χ0n) is 34.0. The first-order valence-corrected chi connectivity index (χ1v) is 21.3. The quantitative estimate of drug-likeness (QED) is 0.168. The summed E-state index contributed by atoms with van der Waals surface area (Å²) in [5, 5.41) is 7.18. The number of rotatable bonds is 6. The van der Waals surface area contributed by atoms with Crippen LogP contribution in [0.25, 0.3) is 117 Å². The number of nitrogens with zero attached hydrogens (tertiary/aromatic N) is 6. The summed E-state index contributed by atoms with van der Waals surface area (Å²) in [6, 6.07) is 77.4. The van der Waals surface area contributed by atoms with E-state index in [9.17, 15) is 0 Å². The van der Waals surface area contributed by atoms with E-state index in [0.717, 1.165) is 60.9 Å². The molecule has 0 saturated heterocycles. The molecule has 0 bridgehead atoms. The second-order valence-electron chi connectivity index (χ2n) is 16.0. The van der Waals surface area contributed by atoms with Crippen molar-refractivity contribution in [1.29, 1.82) is 0 Å². The molecule has 13 rings (SSSR count). The average molecular weight is 805 g/mol. The predicted molar refractivity (Wildman–Crippen MR) is 259 cm³/mol. The van der Waals surface area contributed by atoms with Gasteiger partial charge in [0.15, 0.2) is 11.6 Å². The average Bonchev–Trinajstić information content (AvgIpc) is 4.01. The van der Waals surface area contributed by atoms with E-state index < -0.39 is 0 Å². The van der Waals surface area contributed by atoms with E-state index in [1.54, 1.807) is 0 Å². The molecule has 6 heteroatoms. The third kappa shape index (κ3) is 5.41. The van der Waals surface area contributed by atoms with E-state index in [1.807, 2.05) is 36.4 Å². The molecule has 63 heavy (non-hydrogen) atoms. The highest BCUT2D eigenvalue weighted by atomic mass is 15.2. The van der Waals surface area contributed by atoms with E-state index in [4.69, 9.17) is 15.0 Å². The zero-order valence-corrected chi connectivity index (χ0v) is 34.0. The Bertz CT molecular complexity index is 3800. The number of hydrogen-bond acceptors (Lipinski definition) is 3. The van der Waals surface area contributed by atoms with Crippen LogP contribution in [0.15, 0.2) is 218 Å². The fourth-order valence-electron chi connectivity index (χ4n) is 9.85. The van der Waals surface area contributed by atoms with Crippen LogP contribution in [0.1, 0.15) is 0 Å². The molecule has 0 radical (unpaired) electrons. The molecule has 9 aromatic carbocycles. The lowest BCUT2D eigenvalue weighted by Crippen LogP contribution is -2.06. The molecule has 0 spiro atoms. The van der Waals surface area contributed by atoms with Gasteiger partial charge in [0.2, 0.25) is 5.95 Å². The van der Waals surface area contributed by atoms with Crippen molar-refractivity contribution in [2.24, 2.45) is 0 Å². The Hall–Kier alpha value is -8.61. The molecule has 0 unspecified atom stereocenters. The highest BCUT2D eigenvalue weighted by Gasteiger charge is 2.23. The maximum Gasteiger partial charge on any atom is 0.238 e. The number of para-hydroxylation sites is 4. The van der Waals surface area contributed by atoms with Gasteiger partial charge in [-0.3, -0.25) is 4.57 Å². The van der Waals surface area contributed by atoms with Crippen molar-refractivity contribution in [2.75, 3.05) is 0 Å². The minimum absolute atomic E-state index is 0.573. The molecule has 0 aliphatic rings. The minimum Gasteiger partial charge on any atom is -0.309 e. The molecule has 294 valence electrons. The van der Waals surface area contributed by atoms with Gasteiger partial charge in [0.05, 0.1) is 33.1 Å². The fraction of sp³-hybridized carbons (Fsp3) is 0. The molecule has 13 aromatic rings. The maximum absolute atomic E-state index is 5.20. The summed E-state index contributed by atoms with van der Waals surface area (Å²) in [6.45, 7) is 0.